The molecule has 0 unspecified atom stereocenters. The van der Waals surface area contributed by atoms with Crippen molar-refractivity contribution < 1.29 is 19.1 Å². The zero-order chi connectivity index (χ0) is 26.7. The van der Waals surface area contributed by atoms with Gasteiger partial charge in [0.1, 0.15) is 21.6 Å². The molecule has 38 heavy (non-hydrogen) atoms. The van der Waals surface area contributed by atoms with Crippen LogP contribution in [0, 0.1) is 0 Å². The Morgan fingerprint density at radius 3 is 1.42 bits per heavy atom. The van der Waals surface area contributed by atoms with Crippen molar-refractivity contribution in [2.75, 3.05) is 35.4 Å². The van der Waals surface area contributed by atoms with E-state index >= 15 is 0 Å². The maximum atomic E-state index is 12.6. The van der Waals surface area contributed by atoms with Crippen molar-refractivity contribution in [2.24, 2.45) is 0 Å². The predicted molar refractivity (Wildman–Crippen MR) is 153 cm³/mol. The lowest BCUT2D eigenvalue weighted by molar-refractivity contribution is -0.114. The Labute approximate surface area is 229 Å². The first-order valence-electron chi connectivity index (χ1n) is 12.1. The Bertz CT molecular complexity index is 1280. The molecule has 4 rings (SSSR count). The van der Waals surface area contributed by atoms with Crippen LogP contribution in [0.2, 0.25) is 0 Å². The van der Waals surface area contributed by atoms with E-state index in [-0.39, 0.29) is 23.3 Å². The van der Waals surface area contributed by atoms with Crippen LogP contribution in [0.3, 0.4) is 0 Å². The summed E-state index contributed by atoms with van der Waals surface area (Å²) >= 11 is 2.57. The van der Waals surface area contributed by atoms with Crippen LogP contribution in [0.1, 0.15) is 13.8 Å². The average molecular weight is 549 g/mol. The molecule has 0 saturated carbocycles. The second-order valence-corrected chi connectivity index (χ2v) is 9.84. The summed E-state index contributed by atoms with van der Waals surface area (Å²) in [4.78, 5) is 34.7. The Kier molecular flexibility index (Phi) is 9.83. The minimum Gasteiger partial charge on any atom is -0.494 e. The molecule has 0 radical (unpaired) electrons. The summed E-state index contributed by atoms with van der Waals surface area (Å²) < 4.78 is 10.9. The number of nitrogens with one attached hydrogen (secondary N) is 2. The number of ether oxygens (including phenoxy) is 2. The van der Waals surface area contributed by atoms with Gasteiger partial charge in [-0.2, -0.15) is 0 Å². The number of amides is 2. The summed E-state index contributed by atoms with van der Waals surface area (Å²) in [6.45, 7) is 5.00. The number of thioether (sulfide) groups is 2. The molecule has 3 aromatic carbocycles. The van der Waals surface area contributed by atoms with Gasteiger partial charge in [0.2, 0.25) is 11.8 Å². The molecule has 2 N–H and O–H groups in total. The molecule has 1 heterocycles. The molecule has 0 spiro atoms. The van der Waals surface area contributed by atoms with E-state index in [0.717, 1.165) is 22.5 Å². The van der Waals surface area contributed by atoms with Crippen LogP contribution in [0.5, 0.6) is 11.5 Å². The van der Waals surface area contributed by atoms with Crippen molar-refractivity contribution in [3.8, 4) is 11.5 Å². The minimum atomic E-state index is -0.168. The molecule has 0 saturated heterocycles. The molecule has 4 aromatic rings. The van der Waals surface area contributed by atoms with E-state index < -0.39 is 0 Å². The summed E-state index contributed by atoms with van der Waals surface area (Å²) in [5.74, 6) is 1.45. The Morgan fingerprint density at radius 1 is 0.658 bits per heavy atom. The zero-order valence-electron chi connectivity index (χ0n) is 21.1. The van der Waals surface area contributed by atoms with Crippen LogP contribution in [0.25, 0.3) is 11.0 Å². The van der Waals surface area contributed by atoms with Crippen LogP contribution in [0.15, 0.2) is 82.8 Å². The van der Waals surface area contributed by atoms with E-state index in [1.165, 1.54) is 23.5 Å². The Morgan fingerprint density at radius 2 is 1.05 bits per heavy atom. The number of para-hydroxylation sites is 2. The van der Waals surface area contributed by atoms with Gasteiger partial charge < -0.3 is 20.1 Å². The maximum Gasteiger partial charge on any atom is 0.234 e. The fourth-order valence-electron chi connectivity index (χ4n) is 3.42. The molecule has 0 fully saturated rings. The number of anilines is 2. The van der Waals surface area contributed by atoms with Gasteiger partial charge in [-0.1, -0.05) is 35.7 Å². The minimum absolute atomic E-state index is 0.145. The molecule has 0 atom stereocenters. The monoisotopic (exact) mass is 548 g/mol. The van der Waals surface area contributed by atoms with Crippen LogP contribution in [-0.4, -0.2) is 46.5 Å². The molecule has 196 valence electrons. The van der Waals surface area contributed by atoms with Gasteiger partial charge in [0.25, 0.3) is 0 Å². The highest BCUT2D eigenvalue weighted by Gasteiger charge is 2.15. The average Bonchev–Trinajstić information content (AvgIpc) is 2.93. The van der Waals surface area contributed by atoms with E-state index in [1.807, 2.05) is 62.4 Å². The van der Waals surface area contributed by atoms with Gasteiger partial charge in [0.05, 0.1) is 35.8 Å². The number of carbonyl (C=O) groups is 2. The Balaban J connectivity index is 1.39. The molecule has 2 amide bonds. The first-order chi connectivity index (χ1) is 18.5. The van der Waals surface area contributed by atoms with E-state index in [2.05, 4.69) is 10.6 Å². The Hall–Kier alpha value is -3.76. The summed E-state index contributed by atoms with van der Waals surface area (Å²) in [6, 6.07) is 22.0. The van der Waals surface area contributed by atoms with Crippen LogP contribution < -0.4 is 20.1 Å². The fourth-order valence-corrected chi connectivity index (χ4v) is 5.12. The third-order valence-electron chi connectivity index (χ3n) is 5.09. The van der Waals surface area contributed by atoms with E-state index in [0.29, 0.717) is 34.6 Å². The number of fused-ring (bicyclic) bond motifs is 1. The van der Waals surface area contributed by atoms with Gasteiger partial charge in [-0.25, -0.2) is 9.97 Å². The highest BCUT2D eigenvalue weighted by Crippen LogP contribution is 2.30. The lowest BCUT2D eigenvalue weighted by Gasteiger charge is -2.10. The number of hydrogen-bond donors (Lipinski definition) is 2. The number of aromatic nitrogens is 2. The van der Waals surface area contributed by atoms with Crippen LogP contribution >= 0.6 is 23.5 Å². The quantitative estimate of drug-likeness (QED) is 0.211. The molecule has 0 bridgehead atoms. The summed E-state index contributed by atoms with van der Waals surface area (Å²) in [7, 11) is 0. The highest BCUT2D eigenvalue weighted by atomic mass is 32.2. The molecular weight excluding hydrogens is 520 g/mol. The van der Waals surface area contributed by atoms with E-state index in [9.17, 15) is 9.59 Å². The number of benzene rings is 3. The molecule has 8 nitrogen and oxygen atoms in total. The van der Waals surface area contributed by atoms with Gasteiger partial charge in [-0.05, 0) is 74.5 Å². The highest BCUT2D eigenvalue weighted by molar-refractivity contribution is 8.02. The molecule has 0 aliphatic rings. The largest absolute Gasteiger partial charge is 0.494 e. The summed E-state index contributed by atoms with van der Waals surface area (Å²) in [5.41, 5.74) is 2.82. The van der Waals surface area contributed by atoms with Crippen molar-refractivity contribution in [3.05, 3.63) is 72.8 Å². The number of carbonyl (C=O) groups excluding carboxylic acids is 2. The van der Waals surface area contributed by atoms with E-state index in [4.69, 9.17) is 19.4 Å². The third kappa shape index (κ3) is 7.87. The third-order valence-corrected chi connectivity index (χ3v) is 7.15. The van der Waals surface area contributed by atoms with Crippen molar-refractivity contribution in [1.29, 1.82) is 0 Å². The molecule has 1 aromatic heterocycles. The van der Waals surface area contributed by atoms with Crippen molar-refractivity contribution >= 4 is 57.7 Å². The second kappa shape index (κ2) is 13.7. The maximum absolute atomic E-state index is 12.6. The fraction of sp³-hybridized carbons (Fsp3) is 0.214. The summed E-state index contributed by atoms with van der Waals surface area (Å²) in [5, 5.41) is 6.97. The van der Waals surface area contributed by atoms with Gasteiger partial charge in [0.15, 0.2) is 0 Å². The molecule has 0 aliphatic heterocycles. The lowest BCUT2D eigenvalue weighted by atomic mass is 10.3. The smallest absolute Gasteiger partial charge is 0.234 e. The van der Waals surface area contributed by atoms with Crippen molar-refractivity contribution in [3.63, 3.8) is 0 Å². The van der Waals surface area contributed by atoms with Gasteiger partial charge in [-0.15, -0.1) is 0 Å². The predicted octanol–water partition coefficient (Wildman–Crippen LogP) is 5.89. The first-order valence-corrected chi connectivity index (χ1v) is 14.1. The SMILES string of the molecule is CCOc1ccc(NC(=O)CSc2nc3ccccc3nc2SCC(=O)Nc2ccc(OCC)cc2)cc1. The standard InChI is InChI=1S/C28H28N4O4S2/c1-3-35-21-13-9-19(10-14-21)29-25(33)17-37-27-28(32-24-8-6-5-7-23(24)31-27)38-18-26(34)30-20-11-15-22(16-12-20)36-4-2/h5-16H,3-4,17-18H2,1-2H3,(H,29,33)(H,30,34). The molecular formula is C28H28N4O4S2. The van der Waals surface area contributed by atoms with Crippen LogP contribution in [0.4, 0.5) is 11.4 Å². The number of rotatable bonds is 12. The second-order valence-electron chi connectivity index (χ2n) is 7.91. The van der Waals surface area contributed by atoms with Crippen LogP contribution in [-0.2, 0) is 9.59 Å². The van der Waals surface area contributed by atoms with E-state index in [1.54, 1.807) is 24.3 Å². The number of hydrogen-bond acceptors (Lipinski definition) is 8. The molecule has 0 aliphatic carbocycles. The zero-order valence-corrected chi connectivity index (χ0v) is 22.7. The normalized spacial score (nSPS) is 10.7. The topological polar surface area (TPSA) is 102 Å². The van der Waals surface area contributed by atoms with Crippen molar-refractivity contribution in [2.45, 2.75) is 23.9 Å². The summed E-state index contributed by atoms with van der Waals surface area (Å²) in [6.07, 6.45) is 0. The first kappa shape index (κ1) is 27.3. The lowest BCUT2D eigenvalue weighted by Crippen LogP contribution is -2.15. The van der Waals surface area contributed by atoms with Gasteiger partial charge >= 0.3 is 0 Å². The van der Waals surface area contributed by atoms with Gasteiger partial charge in [-0.3, -0.25) is 9.59 Å². The number of nitrogens with zero attached hydrogens (tertiary/aromatic N) is 2. The molecule has 10 heteroatoms. The van der Waals surface area contributed by atoms with Gasteiger partial charge in [0, 0.05) is 11.4 Å². The van der Waals surface area contributed by atoms with Crippen molar-refractivity contribution in [1.82, 2.24) is 9.97 Å².